The first kappa shape index (κ1) is 17.6. The zero-order valence-electron chi connectivity index (χ0n) is 13.3. The van der Waals surface area contributed by atoms with Gasteiger partial charge in [0.1, 0.15) is 4.88 Å². The van der Waals surface area contributed by atoms with Crippen molar-refractivity contribution in [2.45, 2.75) is 20.4 Å². The third-order valence-corrected chi connectivity index (χ3v) is 4.51. The van der Waals surface area contributed by atoms with Gasteiger partial charge in [0, 0.05) is 29.6 Å². The summed E-state index contributed by atoms with van der Waals surface area (Å²) in [6.07, 6.45) is 1.73. The molecule has 0 spiro atoms. The van der Waals surface area contributed by atoms with Crippen LogP contribution in [0.3, 0.4) is 0 Å². The molecule has 0 aliphatic rings. The molecule has 0 aliphatic heterocycles. The molecule has 126 valence electrons. The van der Waals surface area contributed by atoms with E-state index in [1.54, 1.807) is 12.1 Å². The molecule has 0 amide bonds. The Balaban J connectivity index is 2.05. The van der Waals surface area contributed by atoms with Crippen LogP contribution >= 0.6 is 11.3 Å². The van der Waals surface area contributed by atoms with Crippen LogP contribution in [0.2, 0.25) is 0 Å². The summed E-state index contributed by atoms with van der Waals surface area (Å²) >= 11 is 0.713. The molecule has 0 bridgehead atoms. The summed E-state index contributed by atoms with van der Waals surface area (Å²) in [6, 6.07) is 4.28. The number of ether oxygens (including phenoxy) is 1. The fourth-order valence-corrected chi connectivity index (χ4v) is 3.02. The van der Waals surface area contributed by atoms with Gasteiger partial charge in [-0.2, -0.15) is 0 Å². The quantitative estimate of drug-likeness (QED) is 0.252. The molecular weight excluding hydrogens is 332 g/mol. The second-order valence-electron chi connectivity index (χ2n) is 5.08. The number of aromatic nitrogens is 1. The Kier molecular flexibility index (Phi) is 5.30. The molecule has 7 nitrogen and oxygen atoms in total. The van der Waals surface area contributed by atoms with E-state index in [1.165, 1.54) is 12.1 Å². The van der Waals surface area contributed by atoms with Gasteiger partial charge in [-0.15, -0.1) is 6.58 Å². The van der Waals surface area contributed by atoms with Crippen LogP contribution in [-0.4, -0.2) is 27.8 Å². The van der Waals surface area contributed by atoms with E-state index in [0.29, 0.717) is 23.4 Å². The maximum Gasteiger partial charge on any atom is 0.349 e. The summed E-state index contributed by atoms with van der Waals surface area (Å²) in [6.45, 7) is 7.54. The van der Waals surface area contributed by atoms with Crippen molar-refractivity contribution in [1.29, 1.82) is 0 Å². The number of nitro groups is 1. The second-order valence-corrected chi connectivity index (χ2v) is 6.14. The minimum atomic E-state index is -0.749. The fraction of sp³-hybridized carbons (Fsp3) is 0.250. The van der Waals surface area contributed by atoms with Crippen molar-refractivity contribution in [1.82, 2.24) is 4.57 Å². The van der Waals surface area contributed by atoms with Crippen molar-refractivity contribution < 1.29 is 19.2 Å². The molecule has 0 atom stereocenters. The van der Waals surface area contributed by atoms with Crippen LogP contribution in [0.25, 0.3) is 0 Å². The molecule has 0 aliphatic carbocycles. The molecule has 0 aromatic carbocycles. The van der Waals surface area contributed by atoms with Crippen LogP contribution in [0.1, 0.15) is 31.4 Å². The van der Waals surface area contributed by atoms with E-state index in [-0.39, 0.29) is 15.7 Å². The third-order valence-electron chi connectivity index (χ3n) is 3.49. The molecule has 0 saturated heterocycles. The fourth-order valence-electron chi connectivity index (χ4n) is 2.31. The number of carbonyl (C=O) groups is 2. The van der Waals surface area contributed by atoms with Crippen LogP contribution in [0, 0.1) is 24.0 Å². The Morgan fingerprint density at radius 1 is 1.42 bits per heavy atom. The first-order valence-corrected chi connectivity index (χ1v) is 7.89. The number of thiophene rings is 1. The van der Waals surface area contributed by atoms with E-state index in [4.69, 9.17) is 4.74 Å². The number of carbonyl (C=O) groups excluding carboxylic acids is 2. The highest BCUT2D eigenvalue weighted by Crippen LogP contribution is 2.24. The Morgan fingerprint density at radius 2 is 2.12 bits per heavy atom. The normalized spacial score (nSPS) is 10.4. The number of aryl methyl sites for hydroxylation is 1. The molecule has 0 unspecified atom stereocenters. The van der Waals surface area contributed by atoms with Gasteiger partial charge in [-0.3, -0.25) is 14.9 Å². The molecule has 2 rings (SSSR count). The summed E-state index contributed by atoms with van der Waals surface area (Å²) in [4.78, 5) is 34.3. The number of Topliss-reactive ketones (excluding diaryl/α,β-unsaturated/α-hetero) is 1. The van der Waals surface area contributed by atoms with E-state index in [0.717, 1.165) is 11.4 Å². The number of ketones is 1. The Labute approximate surface area is 142 Å². The Hall–Kier alpha value is -2.74. The molecule has 0 fully saturated rings. The smallest absolute Gasteiger partial charge is 0.349 e. The van der Waals surface area contributed by atoms with Gasteiger partial charge >= 0.3 is 11.0 Å². The molecule has 0 radical (unpaired) electrons. The average molecular weight is 348 g/mol. The number of hydrogen-bond acceptors (Lipinski definition) is 6. The lowest BCUT2D eigenvalue weighted by molar-refractivity contribution is -0.380. The number of rotatable bonds is 7. The minimum absolute atomic E-state index is 0.0895. The van der Waals surface area contributed by atoms with Gasteiger partial charge in [0.25, 0.3) is 0 Å². The van der Waals surface area contributed by atoms with Crippen molar-refractivity contribution in [3.8, 4) is 0 Å². The number of hydrogen-bond donors (Lipinski definition) is 0. The molecule has 0 N–H and O–H groups in total. The van der Waals surface area contributed by atoms with E-state index < -0.39 is 17.5 Å². The lowest BCUT2D eigenvalue weighted by atomic mass is 10.1. The number of allylic oxidation sites excluding steroid dienone is 1. The van der Waals surface area contributed by atoms with Crippen LogP contribution < -0.4 is 0 Å². The molecule has 2 aromatic heterocycles. The van der Waals surface area contributed by atoms with Gasteiger partial charge in [0.15, 0.2) is 6.61 Å². The van der Waals surface area contributed by atoms with Crippen molar-refractivity contribution in [2.75, 3.05) is 6.61 Å². The predicted molar refractivity (Wildman–Crippen MR) is 89.7 cm³/mol. The summed E-state index contributed by atoms with van der Waals surface area (Å²) in [5.41, 5.74) is 2.18. The first-order chi connectivity index (χ1) is 11.3. The summed E-state index contributed by atoms with van der Waals surface area (Å²) in [7, 11) is 0. The Morgan fingerprint density at radius 3 is 2.71 bits per heavy atom. The monoisotopic (exact) mass is 348 g/mol. The lowest BCUT2D eigenvalue weighted by Gasteiger charge is -2.06. The number of nitrogens with zero attached hydrogens (tertiary/aromatic N) is 2. The van der Waals surface area contributed by atoms with Gasteiger partial charge in [0.05, 0.1) is 4.92 Å². The Bertz CT molecular complexity index is 819. The number of esters is 1. The molecule has 8 heteroatoms. The topological polar surface area (TPSA) is 91.4 Å². The molecule has 2 aromatic rings. The van der Waals surface area contributed by atoms with Gasteiger partial charge in [-0.05, 0) is 26.0 Å². The van der Waals surface area contributed by atoms with Crippen LogP contribution in [0.4, 0.5) is 5.00 Å². The van der Waals surface area contributed by atoms with E-state index >= 15 is 0 Å². The maximum atomic E-state index is 12.3. The third kappa shape index (κ3) is 3.60. The van der Waals surface area contributed by atoms with E-state index in [1.807, 2.05) is 18.4 Å². The molecule has 2 heterocycles. The zero-order valence-corrected chi connectivity index (χ0v) is 14.1. The van der Waals surface area contributed by atoms with Gasteiger partial charge in [-0.1, -0.05) is 17.4 Å². The first-order valence-electron chi connectivity index (χ1n) is 7.07. The van der Waals surface area contributed by atoms with Gasteiger partial charge in [-0.25, -0.2) is 4.79 Å². The van der Waals surface area contributed by atoms with E-state index in [2.05, 4.69) is 6.58 Å². The van der Waals surface area contributed by atoms with Crippen molar-refractivity contribution in [2.24, 2.45) is 0 Å². The van der Waals surface area contributed by atoms with Crippen molar-refractivity contribution in [3.05, 3.63) is 62.8 Å². The predicted octanol–water partition coefficient (Wildman–Crippen LogP) is 3.30. The SMILES string of the molecule is C=CCn1c(C)cc(C(=O)COC(=O)c2ccc([N+](=O)[O-])s2)c1C. The molecular formula is C16H16N2O5S. The van der Waals surface area contributed by atoms with Gasteiger partial charge in [0.2, 0.25) is 5.78 Å². The van der Waals surface area contributed by atoms with Crippen molar-refractivity contribution in [3.63, 3.8) is 0 Å². The van der Waals surface area contributed by atoms with Crippen LogP contribution in [0.15, 0.2) is 30.9 Å². The summed E-state index contributed by atoms with van der Waals surface area (Å²) in [5, 5.41) is 10.5. The standard InChI is InChI=1S/C16H16N2O5S/c1-4-7-17-10(2)8-12(11(17)3)13(19)9-23-16(20)14-5-6-15(24-14)18(21)22/h4-6,8H,1,7,9H2,2-3H3. The highest BCUT2D eigenvalue weighted by atomic mass is 32.1. The van der Waals surface area contributed by atoms with Crippen LogP contribution in [0.5, 0.6) is 0 Å². The lowest BCUT2D eigenvalue weighted by Crippen LogP contribution is -2.14. The van der Waals surface area contributed by atoms with Crippen molar-refractivity contribution >= 4 is 28.1 Å². The molecule has 24 heavy (non-hydrogen) atoms. The minimum Gasteiger partial charge on any atom is -0.453 e. The zero-order chi connectivity index (χ0) is 17.9. The maximum absolute atomic E-state index is 12.3. The second kappa shape index (κ2) is 7.22. The van der Waals surface area contributed by atoms with Crippen LogP contribution in [-0.2, 0) is 11.3 Å². The van der Waals surface area contributed by atoms with E-state index in [9.17, 15) is 19.7 Å². The highest BCUT2D eigenvalue weighted by Gasteiger charge is 2.20. The largest absolute Gasteiger partial charge is 0.453 e. The molecule has 0 saturated carbocycles. The summed E-state index contributed by atoms with van der Waals surface area (Å²) < 4.78 is 6.91. The highest BCUT2D eigenvalue weighted by molar-refractivity contribution is 7.17. The van der Waals surface area contributed by atoms with Gasteiger partial charge < -0.3 is 9.30 Å². The average Bonchev–Trinajstić information content (AvgIpc) is 3.13. The summed E-state index contributed by atoms with van der Waals surface area (Å²) in [5.74, 6) is -1.07.